The fourth-order valence-corrected chi connectivity index (χ4v) is 4.22. The molecule has 1 fully saturated rings. The number of carbonyl (C=O) groups is 1. The molecule has 0 radical (unpaired) electrons. The largest absolute Gasteiger partial charge is 0.478 e. The number of aryl methyl sites for hydroxylation is 2. The minimum Gasteiger partial charge on any atom is -0.478 e. The van der Waals surface area contributed by atoms with E-state index in [0.717, 1.165) is 30.9 Å². The highest BCUT2D eigenvalue weighted by molar-refractivity contribution is 5.94. The lowest BCUT2D eigenvalue weighted by molar-refractivity contribution is 0.0933. The fourth-order valence-electron chi connectivity index (χ4n) is 4.22. The molecule has 1 aliphatic heterocycles. The van der Waals surface area contributed by atoms with Gasteiger partial charge in [0.15, 0.2) is 11.6 Å². The van der Waals surface area contributed by atoms with Gasteiger partial charge in [-0.25, -0.2) is 0 Å². The molecule has 186 valence electrons. The van der Waals surface area contributed by atoms with Crippen LogP contribution in [0.3, 0.4) is 0 Å². The van der Waals surface area contributed by atoms with Crippen molar-refractivity contribution in [3.05, 3.63) is 53.2 Å². The molecule has 35 heavy (non-hydrogen) atoms. The van der Waals surface area contributed by atoms with Crippen LogP contribution in [0.4, 0.5) is 17.3 Å². The number of amides is 1. The number of benzene rings is 1. The highest BCUT2D eigenvalue weighted by Crippen LogP contribution is 2.29. The zero-order valence-electron chi connectivity index (χ0n) is 21.4. The maximum absolute atomic E-state index is 12.9. The van der Waals surface area contributed by atoms with Gasteiger partial charge in [0.2, 0.25) is 0 Å². The maximum atomic E-state index is 12.9. The monoisotopic (exact) mass is 477 g/mol. The van der Waals surface area contributed by atoms with Crippen molar-refractivity contribution >= 4 is 23.2 Å². The second-order valence-electron chi connectivity index (χ2n) is 10.1. The molecule has 1 amide bonds. The molecule has 1 unspecified atom stereocenters. The summed E-state index contributed by atoms with van der Waals surface area (Å²) in [6.45, 7) is 9.99. The van der Waals surface area contributed by atoms with Gasteiger partial charge in [-0.2, -0.15) is 5.10 Å². The molecule has 0 spiro atoms. The first kappa shape index (κ1) is 24.5. The standard InChI is InChI=1S/C26H35N7O2/c1-17-14-22(31-32(17)5)28-21-15-23(29-30-25(21)35-6)33-13-7-8-20(16-33)27-24(34)18-9-11-19(12-10-18)26(2,3)4/h9-12,14-15,20H,7-8,13,16H2,1-6H3,(H,27,34)(H,28,29,31). The topological polar surface area (TPSA) is 97.2 Å². The lowest BCUT2D eigenvalue weighted by atomic mass is 9.86. The molecule has 2 N–H and O–H groups in total. The van der Waals surface area contributed by atoms with Crippen LogP contribution in [-0.4, -0.2) is 52.1 Å². The number of carbonyl (C=O) groups excluding carboxylic acids is 1. The van der Waals surface area contributed by atoms with Crippen LogP contribution in [-0.2, 0) is 12.5 Å². The molecule has 0 bridgehead atoms. The number of anilines is 3. The summed E-state index contributed by atoms with van der Waals surface area (Å²) in [6.07, 6.45) is 1.87. The van der Waals surface area contributed by atoms with Crippen LogP contribution in [0.2, 0.25) is 0 Å². The van der Waals surface area contributed by atoms with Gasteiger partial charge in [-0.05, 0) is 42.9 Å². The van der Waals surface area contributed by atoms with E-state index < -0.39 is 0 Å². The first-order chi connectivity index (χ1) is 16.6. The molecule has 9 nitrogen and oxygen atoms in total. The van der Waals surface area contributed by atoms with E-state index in [4.69, 9.17) is 4.74 Å². The smallest absolute Gasteiger partial charge is 0.257 e. The summed E-state index contributed by atoms with van der Waals surface area (Å²) >= 11 is 0. The predicted octanol–water partition coefficient (Wildman–Crippen LogP) is 3.97. The van der Waals surface area contributed by atoms with Crippen molar-refractivity contribution in [1.82, 2.24) is 25.3 Å². The SMILES string of the molecule is COc1nnc(N2CCCC(NC(=O)c3ccc(C(C)(C)C)cc3)C2)cc1Nc1cc(C)n(C)n1. The summed E-state index contributed by atoms with van der Waals surface area (Å²) in [4.78, 5) is 15.0. The Morgan fingerprint density at radius 2 is 1.89 bits per heavy atom. The zero-order valence-corrected chi connectivity index (χ0v) is 21.4. The Labute approximate surface area is 206 Å². The molecular weight excluding hydrogens is 442 g/mol. The quantitative estimate of drug-likeness (QED) is 0.554. The summed E-state index contributed by atoms with van der Waals surface area (Å²) in [5, 5.41) is 19.6. The molecule has 1 aliphatic rings. The second kappa shape index (κ2) is 9.93. The van der Waals surface area contributed by atoms with Crippen molar-refractivity contribution < 1.29 is 9.53 Å². The van der Waals surface area contributed by atoms with E-state index in [1.54, 1.807) is 11.8 Å². The summed E-state index contributed by atoms with van der Waals surface area (Å²) < 4.78 is 7.21. The Bertz CT molecular complexity index is 1160. The second-order valence-corrected chi connectivity index (χ2v) is 10.1. The molecule has 1 aromatic carbocycles. The Hall–Kier alpha value is -3.62. The van der Waals surface area contributed by atoms with Gasteiger partial charge in [0.1, 0.15) is 5.69 Å². The minimum absolute atomic E-state index is 0.0253. The van der Waals surface area contributed by atoms with Crippen LogP contribution in [0.5, 0.6) is 5.88 Å². The third-order valence-corrected chi connectivity index (χ3v) is 6.41. The Kier molecular flexibility index (Phi) is 6.95. The summed E-state index contributed by atoms with van der Waals surface area (Å²) in [7, 11) is 3.47. The van der Waals surface area contributed by atoms with Crippen molar-refractivity contribution in [2.75, 3.05) is 30.4 Å². The minimum atomic E-state index is -0.0500. The molecule has 1 saturated heterocycles. The van der Waals surface area contributed by atoms with E-state index in [2.05, 4.69) is 51.6 Å². The van der Waals surface area contributed by atoms with Gasteiger partial charge in [0.05, 0.1) is 7.11 Å². The van der Waals surface area contributed by atoms with Crippen LogP contribution < -0.4 is 20.3 Å². The molecule has 1 atom stereocenters. The number of hydrogen-bond donors (Lipinski definition) is 2. The molecule has 9 heteroatoms. The molecule has 2 aromatic heterocycles. The van der Waals surface area contributed by atoms with Gasteiger partial charge < -0.3 is 20.3 Å². The van der Waals surface area contributed by atoms with Gasteiger partial charge in [0, 0.05) is 49.6 Å². The van der Waals surface area contributed by atoms with Gasteiger partial charge in [-0.3, -0.25) is 9.48 Å². The molecular formula is C26H35N7O2. The van der Waals surface area contributed by atoms with Gasteiger partial charge in [-0.1, -0.05) is 32.9 Å². The van der Waals surface area contributed by atoms with Crippen molar-refractivity contribution in [3.63, 3.8) is 0 Å². The number of rotatable bonds is 6. The van der Waals surface area contributed by atoms with E-state index in [1.165, 1.54) is 5.56 Å². The van der Waals surface area contributed by atoms with E-state index in [9.17, 15) is 4.79 Å². The molecule has 0 saturated carbocycles. The van der Waals surface area contributed by atoms with Gasteiger partial charge in [0.25, 0.3) is 11.8 Å². The van der Waals surface area contributed by atoms with Crippen molar-refractivity contribution in [3.8, 4) is 5.88 Å². The van der Waals surface area contributed by atoms with Gasteiger partial charge in [-0.15, -0.1) is 10.2 Å². The number of nitrogens with one attached hydrogen (secondary N) is 2. The number of hydrogen-bond acceptors (Lipinski definition) is 7. The molecule has 3 heterocycles. The lowest BCUT2D eigenvalue weighted by Gasteiger charge is -2.34. The maximum Gasteiger partial charge on any atom is 0.257 e. The molecule has 3 aromatic rings. The van der Waals surface area contributed by atoms with E-state index in [0.29, 0.717) is 29.5 Å². The van der Waals surface area contributed by atoms with Crippen LogP contribution in [0, 0.1) is 6.92 Å². The zero-order chi connectivity index (χ0) is 25.2. The summed E-state index contributed by atoms with van der Waals surface area (Å²) in [5.41, 5.74) is 3.68. The third kappa shape index (κ3) is 5.72. The number of nitrogens with zero attached hydrogens (tertiary/aromatic N) is 5. The van der Waals surface area contributed by atoms with Crippen LogP contribution in [0.15, 0.2) is 36.4 Å². The van der Waals surface area contributed by atoms with Crippen molar-refractivity contribution in [2.45, 2.75) is 52.0 Å². The lowest BCUT2D eigenvalue weighted by Crippen LogP contribution is -2.48. The first-order valence-corrected chi connectivity index (χ1v) is 12.0. The Balaban J connectivity index is 1.45. The van der Waals surface area contributed by atoms with Crippen LogP contribution >= 0.6 is 0 Å². The number of aromatic nitrogens is 4. The van der Waals surface area contributed by atoms with Crippen LogP contribution in [0.25, 0.3) is 0 Å². The Morgan fingerprint density at radius 1 is 1.14 bits per heavy atom. The van der Waals surface area contributed by atoms with Crippen LogP contribution in [0.1, 0.15) is 55.2 Å². The molecule has 0 aliphatic carbocycles. The number of piperidine rings is 1. The highest BCUT2D eigenvalue weighted by Gasteiger charge is 2.24. The predicted molar refractivity (Wildman–Crippen MR) is 138 cm³/mol. The van der Waals surface area contributed by atoms with E-state index >= 15 is 0 Å². The fraction of sp³-hybridized carbons (Fsp3) is 0.462. The Morgan fingerprint density at radius 3 is 2.51 bits per heavy atom. The summed E-state index contributed by atoms with van der Waals surface area (Å²) in [5.74, 6) is 1.79. The van der Waals surface area contributed by atoms with Crippen molar-refractivity contribution in [2.24, 2.45) is 7.05 Å². The van der Waals surface area contributed by atoms with Gasteiger partial charge >= 0.3 is 0 Å². The van der Waals surface area contributed by atoms with E-state index in [1.807, 2.05) is 50.4 Å². The average molecular weight is 478 g/mol. The normalized spacial score (nSPS) is 16.2. The van der Waals surface area contributed by atoms with Crippen molar-refractivity contribution in [1.29, 1.82) is 0 Å². The highest BCUT2D eigenvalue weighted by atomic mass is 16.5. The summed E-state index contributed by atoms with van der Waals surface area (Å²) in [6, 6.07) is 11.8. The molecule has 4 rings (SSSR count). The number of methoxy groups -OCH3 is 1. The third-order valence-electron chi connectivity index (χ3n) is 6.41. The first-order valence-electron chi connectivity index (χ1n) is 12.0. The van der Waals surface area contributed by atoms with E-state index in [-0.39, 0.29) is 17.4 Å². The number of ether oxygens (including phenoxy) is 1. The average Bonchev–Trinajstić information content (AvgIpc) is 3.15.